The fourth-order valence-electron chi connectivity index (χ4n) is 4.35. The van der Waals surface area contributed by atoms with Crippen molar-refractivity contribution in [3.8, 4) is 22.4 Å². The largest absolute Gasteiger partial charge is 0.378 e. The van der Waals surface area contributed by atoms with E-state index in [9.17, 15) is 0 Å². The van der Waals surface area contributed by atoms with Gasteiger partial charge in [-0.1, -0.05) is 97.1 Å². The van der Waals surface area contributed by atoms with Crippen molar-refractivity contribution >= 4 is 5.69 Å². The molecule has 2 unspecified atom stereocenters. The summed E-state index contributed by atoms with van der Waals surface area (Å²) in [6.45, 7) is 2.29. The topological polar surface area (TPSA) is 24.9 Å². The zero-order valence-electron chi connectivity index (χ0n) is 18.1. The zero-order chi connectivity index (χ0) is 21.8. The van der Waals surface area contributed by atoms with Gasteiger partial charge >= 0.3 is 0 Å². The minimum absolute atomic E-state index is 0.127. The summed E-state index contributed by atoms with van der Waals surface area (Å²) in [4.78, 5) is 4.65. The van der Waals surface area contributed by atoms with Crippen LogP contribution in [0.15, 0.2) is 128 Å². The van der Waals surface area contributed by atoms with E-state index in [0.717, 1.165) is 16.9 Å². The molecule has 0 amide bonds. The Kier molecular flexibility index (Phi) is 5.43. The summed E-state index contributed by atoms with van der Waals surface area (Å²) in [6, 6.07) is 34.0. The number of nitrogens with one attached hydrogen (secondary N) is 1. The van der Waals surface area contributed by atoms with Gasteiger partial charge in [0.2, 0.25) is 0 Å². The third-order valence-electron chi connectivity index (χ3n) is 6.25. The molecule has 1 aliphatic carbocycles. The van der Waals surface area contributed by atoms with E-state index in [-0.39, 0.29) is 11.5 Å². The summed E-state index contributed by atoms with van der Waals surface area (Å²) in [5.41, 5.74) is 6.70. The second kappa shape index (κ2) is 8.68. The van der Waals surface area contributed by atoms with Crippen LogP contribution in [0.4, 0.5) is 5.69 Å². The van der Waals surface area contributed by atoms with Crippen LogP contribution in [-0.4, -0.2) is 11.0 Å². The average Bonchev–Trinajstić information content (AvgIpc) is 2.87. The summed E-state index contributed by atoms with van der Waals surface area (Å²) in [6.07, 6.45) is 10.7. The van der Waals surface area contributed by atoms with Gasteiger partial charge in [0.15, 0.2) is 0 Å². The molecule has 2 heteroatoms. The first kappa shape index (κ1) is 20.0. The van der Waals surface area contributed by atoms with E-state index in [0.29, 0.717) is 0 Å². The van der Waals surface area contributed by atoms with Crippen LogP contribution in [0.2, 0.25) is 0 Å². The lowest BCUT2D eigenvalue weighted by Gasteiger charge is -2.37. The Morgan fingerprint density at radius 1 is 0.719 bits per heavy atom. The predicted molar refractivity (Wildman–Crippen MR) is 135 cm³/mol. The lowest BCUT2D eigenvalue weighted by atomic mass is 9.73. The molecule has 32 heavy (non-hydrogen) atoms. The molecule has 2 atom stereocenters. The van der Waals surface area contributed by atoms with Crippen LogP contribution in [0.5, 0.6) is 0 Å². The number of rotatable bonds is 5. The Morgan fingerprint density at radius 2 is 1.47 bits per heavy atom. The van der Waals surface area contributed by atoms with Crippen LogP contribution in [0, 0.1) is 0 Å². The number of benzene rings is 3. The van der Waals surface area contributed by atoms with Gasteiger partial charge in [0.1, 0.15) is 0 Å². The van der Waals surface area contributed by atoms with Crippen molar-refractivity contribution in [3.05, 3.63) is 133 Å². The van der Waals surface area contributed by atoms with E-state index >= 15 is 0 Å². The van der Waals surface area contributed by atoms with Crippen molar-refractivity contribution in [2.24, 2.45) is 0 Å². The Balaban J connectivity index is 1.44. The number of allylic oxidation sites excluding steroid dienone is 2. The summed E-state index contributed by atoms with van der Waals surface area (Å²) in [5.74, 6) is 0. The molecule has 0 fully saturated rings. The van der Waals surface area contributed by atoms with Crippen LogP contribution in [-0.2, 0) is 5.41 Å². The number of aromatic nitrogens is 1. The van der Waals surface area contributed by atoms with Gasteiger partial charge in [0, 0.05) is 22.9 Å². The van der Waals surface area contributed by atoms with Crippen molar-refractivity contribution in [2.45, 2.75) is 18.4 Å². The molecule has 0 spiro atoms. The van der Waals surface area contributed by atoms with Crippen LogP contribution >= 0.6 is 0 Å². The van der Waals surface area contributed by atoms with E-state index in [4.69, 9.17) is 0 Å². The number of anilines is 1. The maximum Gasteiger partial charge on any atom is 0.0708 e. The van der Waals surface area contributed by atoms with Gasteiger partial charge in [-0.05, 0) is 47.9 Å². The van der Waals surface area contributed by atoms with Crippen LogP contribution in [0.3, 0.4) is 0 Å². The number of hydrogen-bond donors (Lipinski definition) is 1. The summed E-state index contributed by atoms with van der Waals surface area (Å²) < 4.78 is 0. The van der Waals surface area contributed by atoms with E-state index in [2.05, 4.69) is 133 Å². The molecule has 3 aromatic carbocycles. The van der Waals surface area contributed by atoms with Crippen LogP contribution < -0.4 is 5.32 Å². The molecule has 4 aromatic rings. The third-order valence-corrected chi connectivity index (χ3v) is 6.25. The minimum atomic E-state index is -0.127. The van der Waals surface area contributed by atoms with Gasteiger partial charge < -0.3 is 5.32 Å². The summed E-state index contributed by atoms with van der Waals surface area (Å²) >= 11 is 0. The molecule has 1 N–H and O–H groups in total. The lowest BCUT2D eigenvalue weighted by Crippen LogP contribution is -2.40. The van der Waals surface area contributed by atoms with Crippen molar-refractivity contribution in [1.29, 1.82) is 0 Å². The van der Waals surface area contributed by atoms with Crippen molar-refractivity contribution < 1.29 is 0 Å². The molecule has 1 heterocycles. The highest BCUT2D eigenvalue weighted by molar-refractivity contribution is 5.72. The first-order valence-corrected chi connectivity index (χ1v) is 11.0. The SMILES string of the molecule is CC1(c2ccccc2)C=CC=CC1Nc1cccc(-c2cc(-c3ccccc3)ccn2)c1. The molecule has 0 saturated heterocycles. The standard InChI is InChI=1S/C30H26N2/c1-30(26-14-6-3-7-15-26)19-9-8-17-29(30)32-27-16-10-13-25(21-27)28-22-24(18-20-31-28)23-11-4-2-5-12-23/h2-22,29,32H,1H3. The van der Waals surface area contributed by atoms with Gasteiger partial charge in [0.05, 0.1) is 11.7 Å². The Hall–Kier alpha value is -3.91. The van der Waals surface area contributed by atoms with Crippen LogP contribution in [0.1, 0.15) is 12.5 Å². The Morgan fingerprint density at radius 3 is 2.28 bits per heavy atom. The van der Waals surface area contributed by atoms with Crippen molar-refractivity contribution in [3.63, 3.8) is 0 Å². The lowest BCUT2D eigenvalue weighted by molar-refractivity contribution is 0.546. The predicted octanol–water partition coefficient (Wildman–Crippen LogP) is 7.28. The summed E-state index contributed by atoms with van der Waals surface area (Å²) in [5, 5.41) is 3.76. The Bertz CT molecular complexity index is 1260. The smallest absolute Gasteiger partial charge is 0.0708 e. The second-order valence-electron chi connectivity index (χ2n) is 8.39. The van der Waals surface area contributed by atoms with Gasteiger partial charge in [-0.15, -0.1) is 0 Å². The maximum absolute atomic E-state index is 4.65. The minimum Gasteiger partial charge on any atom is -0.378 e. The monoisotopic (exact) mass is 414 g/mol. The molecule has 1 aliphatic rings. The van der Waals surface area contributed by atoms with Crippen molar-refractivity contribution in [1.82, 2.24) is 4.98 Å². The molecule has 0 aliphatic heterocycles. The van der Waals surface area contributed by atoms with E-state index in [1.54, 1.807) is 0 Å². The highest BCUT2D eigenvalue weighted by atomic mass is 14.9. The highest BCUT2D eigenvalue weighted by Crippen LogP contribution is 2.35. The molecule has 0 radical (unpaired) electrons. The van der Waals surface area contributed by atoms with Gasteiger partial charge in [-0.2, -0.15) is 0 Å². The maximum atomic E-state index is 4.65. The van der Waals surface area contributed by atoms with E-state index in [1.165, 1.54) is 16.7 Å². The average molecular weight is 415 g/mol. The van der Waals surface area contributed by atoms with Gasteiger partial charge in [-0.25, -0.2) is 0 Å². The summed E-state index contributed by atoms with van der Waals surface area (Å²) in [7, 11) is 0. The number of pyridine rings is 1. The molecule has 1 aromatic heterocycles. The molecular formula is C30H26N2. The first-order valence-electron chi connectivity index (χ1n) is 11.0. The Labute approximate surface area is 190 Å². The molecule has 0 saturated carbocycles. The highest BCUT2D eigenvalue weighted by Gasteiger charge is 2.33. The van der Waals surface area contributed by atoms with Crippen LogP contribution in [0.25, 0.3) is 22.4 Å². The number of hydrogen-bond acceptors (Lipinski definition) is 2. The molecular weight excluding hydrogens is 388 g/mol. The molecule has 5 rings (SSSR count). The van der Waals surface area contributed by atoms with Crippen molar-refractivity contribution in [2.75, 3.05) is 5.32 Å². The first-order chi connectivity index (χ1) is 15.7. The number of nitrogens with zero attached hydrogens (tertiary/aromatic N) is 1. The quantitative estimate of drug-likeness (QED) is 0.371. The fraction of sp³-hybridized carbons (Fsp3) is 0.100. The normalized spacial score (nSPS) is 19.6. The second-order valence-corrected chi connectivity index (χ2v) is 8.39. The van der Waals surface area contributed by atoms with E-state index < -0.39 is 0 Å². The fourth-order valence-corrected chi connectivity index (χ4v) is 4.35. The van der Waals surface area contributed by atoms with Gasteiger partial charge in [-0.3, -0.25) is 4.98 Å². The molecule has 2 nitrogen and oxygen atoms in total. The molecule has 156 valence electrons. The zero-order valence-corrected chi connectivity index (χ0v) is 18.1. The third kappa shape index (κ3) is 4.00. The molecule has 0 bridgehead atoms. The van der Waals surface area contributed by atoms with Gasteiger partial charge in [0.25, 0.3) is 0 Å². The van der Waals surface area contributed by atoms with E-state index in [1.807, 2.05) is 12.3 Å².